The van der Waals surface area contributed by atoms with Crippen LogP contribution in [0.4, 0.5) is 23.2 Å². The fourth-order valence-corrected chi connectivity index (χ4v) is 1.02. The number of carbonyl (C=O) groups is 1. The highest BCUT2D eigenvalue weighted by Gasteiger charge is 2.41. The average molecular weight is 280 g/mol. The fraction of sp³-hybridized carbons (Fsp3) is 0.455. The SMILES string of the molecule is CCC(=O)Nc1ccc(OCC(F)(F)C(F)F)nc1. The van der Waals surface area contributed by atoms with E-state index in [0.717, 1.165) is 0 Å². The first-order valence-corrected chi connectivity index (χ1v) is 5.40. The zero-order valence-corrected chi connectivity index (χ0v) is 10.00. The molecule has 0 aliphatic carbocycles. The molecule has 106 valence electrons. The molecule has 1 N–H and O–H groups in total. The quantitative estimate of drug-likeness (QED) is 0.815. The van der Waals surface area contributed by atoms with E-state index in [1.54, 1.807) is 6.92 Å². The third-order valence-electron chi connectivity index (χ3n) is 2.07. The van der Waals surface area contributed by atoms with Crippen molar-refractivity contribution in [3.05, 3.63) is 18.3 Å². The van der Waals surface area contributed by atoms with E-state index in [1.165, 1.54) is 18.3 Å². The lowest BCUT2D eigenvalue weighted by Gasteiger charge is -2.15. The Labute approximate surface area is 106 Å². The topological polar surface area (TPSA) is 51.2 Å². The number of hydrogen-bond acceptors (Lipinski definition) is 3. The molecule has 0 fully saturated rings. The van der Waals surface area contributed by atoms with E-state index in [9.17, 15) is 22.4 Å². The largest absolute Gasteiger partial charge is 0.471 e. The van der Waals surface area contributed by atoms with Gasteiger partial charge in [0.05, 0.1) is 11.9 Å². The third-order valence-corrected chi connectivity index (χ3v) is 2.07. The van der Waals surface area contributed by atoms with E-state index >= 15 is 0 Å². The maximum atomic E-state index is 12.6. The number of anilines is 1. The number of carbonyl (C=O) groups excluding carboxylic acids is 1. The van der Waals surface area contributed by atoms with Crippen LogP contribution in [0, 0.1) is 0 Å². The minimum Gasteiger partial charge on any atom is -0.471 e. The molecule has 8 heteroatoms. The highest BCUT2D eigenvalue weighted by atomic mass is 19.3. The molecule has 0 saturated carbocycles. The fourth-order valence-electron chi connectivity index (χ4n) is 1.02. The van der Waals surface area contributed by atoms with Gasteiger partial charge in [0, 0.05) is 12.5 Å². The molecule has 0 aromatic carbocycles. The summed E-state index contributed by atoms with van der Waals surface area (Å²) in [5, 5.41) is 2.48. The molecule has 0 aliphatic rings. The average Bonchev–Trinajstić information content (AvgIpc) is 2.37. The molecular weight excluding hydrogens is 268 g/mol. The Bertz CT molecular complexity index is 423. The molecule has 0 unspecified atom stereocenters. The number of halogens is 4. The number of amides is 1. The number of pyridine rings is 1. The number of alkyl halides is 4. The molecule has 1 heterocycles. The van der Waals surface area contributed by atoms with Crippen molar-refractivity contribution in [3.63, 3.8) is 0 Å². The van der Waals surface area contributed by atoms with Crippen LogP contribution in [0.3, 0.4) is 0 Å². The number of rotatable bonds is 6. The predicted octanol–water partition coefficient (Wildman–Crippen LogP) is 2.71. The van der Waals surface area contributed by atoms with Gasteiger partial charge in [-0.2, -0.15) is 8.78 Å². The molecule has 0 radical (unpaired) electrons. The van der Waals surface area contributed by atoms with E-state index in [2.05, 4.69) is 15.0 Å². The van der Waals surface area contributed by atoms with Crippen molar-refractivity contribution in [3.8, 4) is 5.88 Å². The molecule has 0 saturated heterocycles. The summed E-state index contributed by atoms with van der Waals surface area (Å²) in [7, 11) is 0. The van der Waals surface area contributed by atoms with Crippen LogP contribution < -0.4 is 10.1 Å². The summed E-state index contributed by atoms with van der Waals surface area (Å²) in [6.45, 7) is 0.199. The lowest BCUT2D eigenvalue weighted by Crippen LogP contribution is -2.33. The normalized spacial score (nSPS) is 11.5. The molecule has 0 aliphatic heterocycles. The van der Waals surface area contributed by atoms with Crippen molar-refractivity contribution >= 4 is 11.6 Å². The Morgan fingerprint density at radius 3 is 2.63 bits per heavy atom. The van der Waals surface area contributed by atoms with Crippen LogP contribution in [-0.2, 0) is 4.79 Å². The summed E-state index contributed by atoms with van der Waals surface area (Å²) in [6, 6.07) is 2.57. The van der Waals surface area contributed by atoms with Gasteiger partial charge in [0.2, 0.25) is 11.8 Å². The molecule has 0 spiro atoms. The van der Waals surface area contributed by atoms with Crippen LogP contribution in [0.25, 0.3) is 0 Å². The minimum atomic E-state index is -4.23. The number of nitrogens with zero attached hydrogens (tertiary/aromatic N) is 1. The summed E-state index contributed by atoms with van der Waals surface area (Å²) in [5.41, 5.74) is 0.361. The van der Waals surface area contributed by atoms with Gasteiger partial charge in [0.25, 0.3) is 0 Å². The Hall–Kier alpha value is -1.86. The predicted molar refractivity (Wildman–Crippen MR) is 59.6 cm³/mol. The lowest BCUT2D eigenvalue weighted by molar-refractivity contribution is -0.148. The molecule has 1 amide bonds. The van der Waals surface area contributed by atoms with Crippen molar-refractivity contribution < 1.29 is 27.1 Å². The second-order valence-corrected chi connectivity index (χ2v) is 3.64. The van der Waals surface area contributed by atoms with Crippen molar-refractivity contribution in [1.82, 2.24) is 4.98 Å². The zero-order valence-electron chi connectivity index (χ0n) is 10.00. The Kier molecular flexibility index (Phi) is 5.08. The van der Waals surface area contributed by atoms with Crippen LogP contribution in [0.15, 0.2) is 18.3 Å². The van der Waals surface area contributed by atoms with Gasteiger partial charge in [-0.1, -0.05) is 6.92 Å². The van der Waals surface area contributed by atoms with Crippen LogP contribution >= 0.6 is 0 Å². The Balaban J connectivity index is 2.55. The Morgan fingerprint density at radius 2 is 2.16 bits per heavy atom. The second-order valence-electron chi connectivity index (χ2n) is 3.64. The summed E-state index contributed by atoms with van der Waals surface area (Å²) in [5.74, 6) is -4.69. The van der Waals surface area contributed by atoms with Crippen LogP contribution in [0.1, 0.15) is 13.3 Å². The number of aromatic nitrogens is 1. The highest BCUT2D eigenvalue weighted by Crippen LogP contribution is 2.23. The summed E-state index contributed by atoms with van der Waals surface area (Å²) < 4.78 is 53.3. The van der Waals surface area contributed by atoms with Gasteiger partial charge in [-0.3, -0.25) is 4.79 Å². The first-order valence-electron chi connectivity index (χ1n) is 5.40. The third kappa shape index (κ3) is 4.72. The summed E-state index contributed by atoms with van der Waals surface area (Å²) in [4.78, 5) is 14.7. The van der Waals surface area contributed by atoms with Crippen LogP contribution in [0.2, 0.25) is 0 Å². The standard InChI is InChI=1S/C11H12F4N2O2/c1-2-8(18)17-7-3-4-9(16-5-7)19-6-11(14,15)10(12)13/h3-5,10H,2,6H2,1H3,(H,17,18). The monoisotopic (exact) mass is 280 g/mol. The number of hydrogen-bond donors (Lipinski definition) is 1. The van der Waals surface area contributed by atoms with Gasteiger partial charge >= 0.3 is 12.3 Å². The van der Waals surface area contributed by atoms with Crippen LogP contribution in [-0.4, -0.2) is 29.8 Å². The van der Waals surface area contributed by atoms with Gasteiger partial charge < -0.3 is 10.1 Å². The molecule has 1 aromatic heterocycles. The highest BCUT2D eigenvalue weighted by molar-refractivity contribution is 5.90. The van der Waals surface area contributed by atoms with Crippen molar-refractivity contribution in [2.45, 2.75) is 25.7 Å². The smallest absolute Gasteiger partial charge is 0.340 e. The van der Waals surface area contributed by atoms with Gasteiger partial charge in [-0.25, -0.2) is 13.8 Å². The number of nitrogens with one attached hydrogen (secondary N) is 1. The maximum Gasteiger partial charge on any atom is 0.340 e. The lowest BCUT2D eigenvalue weighted by atomic mass is 10.3. The van der Waals surface area contributed by atoms with Crippen molar-refractivity contribution in [2.24, 2.45) is 0 Å². The van der Waals surface area contributed by atoms with Crippen LogP contribution in [0.5, 0.6) is 5.88 Å². The van der Waals surface area contributed by atoms with E-state index in [4.69, 9.17) is 0 Å². The van der Waals surface area contributed by atoms with Gasteiger partial charge in [-0.15, -0.1) is 0 Å². The molecule has 1 aromatic rings. The summed E-state index contributed by atoms with van der Waals surface area (Å²) in [6.07, 6.45) is -2.34. The maximum absolute atomic E-state index is 12.6. The van der Waals surface area contributed by atoms with Gasteiger partial charge in [-0.05, 0) is 6.07 Å². The first kappa shape index (κ1) is 15.2. The van der Waals surface area contributed by atoms with Crippen molar-refractivity contribution in [1.29, 1.82) is 0 Å². The number of ether oxygens (including phenoxy) is 1. The van der Waals surface area contributed by atoms with E-state index in [-0.39, 0.29) is 18.2 Å². The summed E-state index contributed by atoms with van der Waals surface area (Å²) >= 11 is 0. The second kappa shape index (κ2) is 6.35. The molecule has 0 atom stereocenters. The van der Waals surface area contributed by atoms with Gasteiger partial charge in [0.15, 0.2) is 6.61 Å². The van der Waals surface area contributed by atoms with E-state index < -0.39 is 19.0 Å². The molecule has 4 nitrogen and oxygen atoms in total. The van der Waals surface area contributed by atoms with E-state index in [1.807, 2.05) is 0 Å². The van der Waals surface area contributed by atoms with Gasteiger partial charge in [0.1, 0.15) is 0 Å². The Morgan fingerprint density at radius 1 is 1.47 bits per heavy atom. The molecule has 1 rings (SSSR count). The first-order chi connectivity index (χ1) is 8.85. The minimum absolute atomic E-state index is 0.227. The van der Waals surface area contributed by atoms with Crippen molar-refractivity contribution in [2.75, 3.05) is 11.9 Å². The molecular formula is C11H12F4N2O2. The molecule has 0 bridgehead atoms. The van der Waals surface area contributed by atoms with E-state index in [0.29, 0.717) is 5.69 Å². The zero-order chi connectivity index (χ0) is 14.5. The molecule has 19 heavy (non-hydrogen) atoms.